The molecule has 0 unspecified atom stereocenters. The SMILES string of the molecule is COc1ccc(C=CC(=O)N2CCC3(CCN(C(=O)c4ccccc4-n4cccc4)CC3)C2)c(Cl)c1OC. The number of hydrogen-bond donors (Lipinski definition) is 0. The van der Waals surface area contributed by atoms with E-state index in [-0.39, 0.29) is 17.2 Å². The van der Waals surface area contributed by atoms with Gasteiger partial charge in [-0.1, -0.05) is 23.7 Å². The number of benzene rings is 2. The van der Waals surface area contributed by atoms with E-state index in [1.165, 1.54) is 7.11 Å². The Kier molecular flexibility index (Phi) is 7.47. The van der Waals surface area contributed by atoms with Crippen molar-refractivity contribution in [3.63, 3.8) is 0 Å². The van der Waals surface area contributed by atoms with Crippen molar-refractivity contribution < 1.29 is 19.1 Å². The third-order valence-electron chi connectivity index (χ3n) is 7.80. The molecule has 0 saturated carbocycles. The van der Waals surface area contributed by atoms with Crippen LogP contribution in [0.3, 0.4) is 0 Å². The molecule has 2 aliphatic rings. The Balaban J connectivity index is 1.21. The Hall–Kier alpha value is -3.71. The lowest BCUT2D eigenvalue weighted by molar-refractivity contribution is -0.125. The quantitative estimate of drug-likeness (QED) is 0.402. The lowest BCUT2D eigenvalue weighted by atomic mass is 9.77. The van der Waals surface area contributed by atoms with Crippen molar-refractivity contribution in [3.05, 3.63) is 83.2 Å². The van der Waals surface area contributed by atoms with Gasteiger partial charge in [0.15, 0.2) is 11.5 Å². The van der Waals surface area contributed by atoms with Gasteiger partial charge in [0.2, 0.25) is 5.91 Å². The van der Waals surface area contributed by atoms with Gasteiger partial charge in [-0.2, -0.15) is 0 Å². The first kappa shape index (κ1) is 25.9. The highest BCUT2D eigenvalue weighted by Gasteiger charge is 2.42. The van der Waals surface area contributed by atoms with Gasteiger partial charge in [0.25, 0.3) is 5.91 Å². The predicted molar refractivity (Wildman–Crippen MR) is 148 cm³/mol. The van der Waals surface area contributed by atoms with Gasteiger partial charge in [-0.25, -0.2) is 0 Å². The molecular formula is C30H32ClN3O4. The van der Waals surface area contributed by atoms with Crippen LogP contribution < -0.4 is 9.47 Å². The molecule has 2 fully saturated rings. The van der Waals surface area contributed by atoms with Crippen LogP contribution in [0.2, 0.25) is 5.02 Å². The first-order valence-electron chi connectivity index (χ1n) is 12.8. The van der Waals surface area contributed by atoms with Crippen molar-refractivity contribution >= 4 is 29.5 Å². The number of amides is 2. The van der Waals surface area contributed by atoms with Crippen molar-refractivity contribution in [2.45, 2.75) is 19.3 Å². The Bertz CT molecular complexity index is 1340. The molecule has 0 radical (unpaired) electrons. The molecule has 3 aromatic rings. The monoisotopic (exact) mass is 533 g/mol. The molecule has 2 aromatic carbocycles. The fourth-order valence-corrected chi connectivity index (χ4v) is 5.86. The molecule has 0 aliphatic carbocycles. The summed E-state index contributed by atoms with van der Waals surface area (Å²) in [5.74, 6) is 1.01. The molecule has 3 heterocycles. The molecule has 8 heteroatoms. The highest BCUT2D eigenvalue weighted by Crippen LogP contribution is 2.41. The van der Waals surface area contributed by atoms with E-state index in [1.54, 1.807) is 31.4 Å². The summed E-state index contributed by atoms with van der Waals surface area (Å²) in [6.45, 7) is 2.81. The second-order valence-electron chi connectivity index (χ2n) is 9.95. The summed E-state index contributed by atoms with van der Waals surface area (Å²) in [6, 6.07) is 15.2. The molecule has 1 spiro atoms. The normalized spacial score (nSPS) is 16.8. The van der Waals surface area contributed by atoms with Gasteiger partial charge in [-0.05, 0) is 72.7 Å². The minimum atomic E-state index is -0.0353. The molecule has 7 nitrogen and oxygen atoms in total. The first-order valence-corrected chi connectivity index (χ1v) is 13.2. The van der Waals surface area contributed by atoms with Crippen molar-refractivity contribution in [2.75, 3.05) is 40.4 Å². The van der Waals surface area contributed by atoms with Gasteiger partial charge in [-0.3, -0.25) is 9.59 Å². The van der Waals surface area contributed by atoms with Crippen molar-refractivity contribution in [3.8, 4) is 17.2 Å². The number of nitrogens with zero attached hydrogens (tertiary/aromatic N) is 3. The van der Waals surface area contributed by atoms with Crippen LogP contribution in [0.15, 0.2) is 67.0 Å². The van der Waals surface area contributed by atoms with Gasteiger partial charge < -0.3 is 23.8 Å². The molecule has 5 rings (SSSR count). The molecule has 0 N–H and O–H groups in total. The molecule has 2 aliphatic heterocycles. The molecule has 2 amide bonds. The number of halogens is 1. The van der Waals surface area contributed by atoms with E-state index >= 15 is 0 Å². The Labute approximate surface area is 228 Å². The van der Waals surface area contributed by atoms with Crippen LogP contribution in [-0.2, 0) is 4.79 Å². The van der Waals surface area contributed by atoms with E-state index in [9.17, 15) is 9.59 Å². The van der Waals surface area contributed by atoms with Gasteiger partial charge in [0.1, 0.15) is 0 Å². The number of rotatable bonds is 6. The maximum absolute atomic E-state index is 13.4. The molecule has 2 saturated heterocycles. The van der Waals surface area contributed by atoms with Crippen LogP contribution in [-0.4, -0.2) is 66.6 Å². The van der Waals surface area contributed by atoms with Crippen molar-refractivity contribution in [1.82, 2.24) is 14.4 Å². The predicted octanol–water partition coefficient (Wildman–Crippen LogP) is 5.32. The first-order chi connectivity index (χ1) is 18.4. The maximum Gasteiger partial charge on any atom is 0.255 e. The van der Waals surface area contributed by atoms with Crippen LogP contribution in [0, 0.1) is 5.41 Å². The molecular weight excluding hydrogens is 502 g/mol. The summed E-state index contributed by atoms with van der Waals surface area (Å²) >= 11 is 6.46. The number of likely N-dealkylation sites (tertiary alicyclic amines) is 2. The molecule has 198 valence electrons. The number of aromatic nitrogens is 1. The van der Waals surface area contributed by atoms with E-state index in [4.69, 9.17) is 21.1 Å². The Morgan fingerprint density at radius 2 is 1.58 bits per heavy atom. The number of methoxy groups -OCH3 is 2. The summed E-state index contributed by atoms with van der Waals surface area (Å²) in [5.41, 5.74) is 2.35. The third kappa shape index (κ3) is 5.03. The van der Waals surface area contributed by atoms with E-state index in [2.05, 4.69) is 0 Å². The number of ether oxygens (including phenoxy) is 2. The zero-order chi connectivity index (χ0) is 26.7. The highest BCUT2D eigenvalue weighted by molar-refractivity contribution is 6.33. The smallest absolute Gasteiger partial charge is 0.255 e. The highest BCUT2D eigenvalue weighted by atomic mass is 35.5. The number of piperidine rings is 1. The van der Waals surface area contributed by atoms with E-state index in [1.807, 2.05) is 63.2 Å². The minimum absolute atomic E-state index is 0.0353. The molecule has 0 atom stereocenters. The van der Waals surface area contributed by atoms with Gasteiger partial charge >= 0.3 is 0 Å². The summed E-state index contributed by atoms with van der Waals surface area (Å²) in [5, 5.41) is 0.407. The van der Waals surface area contributed by atoms with Crippen LogP contribution in [0.1, 0.15) is 35.2 Å². The van der Waals surface area contributed by atoms with E-state index in [0.29, 0.717) is 53.8 Å². The largest absolute Gasteiger partial charge is 0.493 e. The number of carbonyl (C=O) groups excluding carboxylic acids is 2. The van der Waals surface area contributed by atoms with Crippen LogP contribution in [0.25, 0.3) is 11.8 Å². The summed E-state index contributed by atoms with van der Waals surface area (Å²) in [7, 11) is 3.09. The number of para-hydroxylation sites is 1. The Morgan fingerprint density at radius 3 is 2.26 bits per heavy atom. The van der Waals surface area contributed by atoms with Gasteiger partial charge in [0, 0.05) is 44.6 Å². The zero-order valence-corrected chi connectivity index (χ0v) is 22.5. The average molecular weight is 534 g/mol. The van der Waals surface area contributed by atoms with E-state index in [0.717, 1.165) is 24.9 Å². The van der Waals surface area contributed by atoms with Gasteiger partial charge in [0.05, 0.1) is 30.5 Å². The lowest BCUT2D eigenvalue weighted by Gasteiger charge is -2.39. The standard InChI is InChI=1S/C30H32ClN3O4/c1-37-25-11-9-22(27(31)28(25)38-2)10-12-26(35)34-20-15-30(21-34)13-18-33(19-14-30)29(36)23-7-3-4-8-24(23)32-16-5-6-17-32/h3-12,16-17H,13-15,18-21H2,1-2H3. The molecule has 1 aromatic heterocycles. The summed E-state index contributed by atoms with van der Waals surface area (Å²) < 4.78 is 12.6. The second-order valence-corrected chi connectivity index (χ2v) is 10.3. The van der Waals surface area contributed by atoms with Crippen molar-refractivity contribution in [1.29, 1.82) is 0 Å². The fraction of sp³-hybridized carbons (Fsp3) is 0.333. The van der Waals surface area contributed by atoms with Crippen LogP contribution >= 0.6 is 11.6 Å². The third-order valence-corrected chi connectivity index (χ3v) is 8.19. The minimum Gasteiger partial charge on any atom is -0.493 e. The van der Waals surface area contributed by atoms with Crippen LogP contribution in [0.5, 0.6) is 11.5 Å². The number of hydrogen-bond acceptors (Lipinski definition) is 4. The maximum atomic E-state index is 13.4. The second kappa shape index (κ2) is 11.0. The lowest BCUT2D eigenvalue weighted by Crippen LogP contribution is -2.44. The topological polar surface area (TPSA) is 64.0 Å². The van der Waals surface area contributed by atoms with Gasteiger partial charge in [-0.15, -0.1) is 0 Å². The fourth-order valence-electron chi connectivity index (χ4n) is 5.56. The molecule has 38 heavy (non-hydrogen) atoms. The van der Waals surface area contributed by atoms with E-state index < -0.39 is 0 Å². The zero-order valence-electron chi connectivity index (χ0n) is 21.7. The van der Waals surface area contributed by atoms with Crippen LogP contribution in [0.4, 0.5) is 0 Å². The Morgan fingerprint density at radius 1 is 0.895 bits per heavy atom. The molecule has 0 bridgehead atoms. The number of carbonyl (C=O) groups is 2. The average Bonchev–Trinajstić information content (AvgIpc) is 3.63. The van der Waals surface area contributed by atoms with Crippen molar-refractivity contribution in [2.24, 2.45) is 5.41 Å². The summed E-state index contributed by atoms with van der Waals surface area (Å²) in [4.78, 5) is 30.3. The summed E-state index contributed by atoms with van der Waals surface area (Å²) in [6.07, 6.45) is 9.93.